The Bertz CT molecular complexity index is 3740. The van der Waals surface area contributed by atoms with Gasteiger partial charge in [-0.15, -0.1) is 0 Å². The van der Waals surface area contributed by atoms with Gasteiger partial charge in [-0.2, -0.15) is 0 Å². The summed E-state index contributed by atoms with van der Waals surface area (Å²) in [4.78, 5) is 0.663. The standard InChI is InChI=1S/C52H37N/c1-3-10-38(11-4-1)41-18-22-43(23-19-41)45-28-32-50(33-29-45)53(52-17-9-16-48(37-52)49-27-26-40-14-7-8-15-47(40)36-49)51-34-30-46(31-35-51)44-24-20-42(21-25-44)39-12-5-2-6-13-39/h1-37H/i1D,3D,4D,9D,10D,11D,16D,17D,18D,19D,22D,23D,28D,29D,30D,31D,32D,33D,34D,35D,37D. The van der Waals surface area contributed by atoms with Crippen LogP contribution in [0.3, 0.4) is 0 Å². The molecule has 9 rings (SSSR count). The van der Waals surface area contributed by atoms with Gasteiger partial charge < -0.3 is 4.90 Å². The summed E-state index contributed by atoms with van der Waals surface area (Å²) in [5.74, 6) is 0. The average Bonchev–Trinajstić information content (AvgIpc) is 3.39. The molecule has 0 bridgehead atoms. The smallest absolute Gasteiger partial charge is 0.0651 e. The molecule has 0 N–H and O–H groups in total. The molecule has 0 saturated carbocycles. The maximum atomic E-state index is 9.75. The largest absolute Gasteiger partial charge is 0.310 e. The van der Waals surface area contributed by atoms with Gasteiger partial charge in [0.1, 0.15) is 0 Å². The van der Waals surface area contributed by atoms with Gasteiger partial charge in [0.15, 0.2) is 0 Å². The summed E-state index contributed by atoms with van der Waals surface area (Å²) in [6, 6.07) is 10.0. The number of fused-ring (bicyclic) bond motifs is 1. The molecular weight excluding hydrogens is 639 g/mol. The fourth-order valence-corrected chi connectivity index (χ4v) is 5.77. The lowest BCUT2D eigenvalue weighted by atomic mass is 9.99. The number of anilines is 3. The molecular formula is C52H37N. The molecule has 0 aliphatic carbocycles. The molecule has 0 saturated heterocycles. The summed E-state index contributed by atoms with van der Waals surface area (Å²) >= 11 is 0. The Hall–Kier alpha value is -6.96. The van der Waals surface area contributed by atoms with E-state index in [9.17, 15) is 13.7 Å². The third kappa shape index (κ3) is 6.77. The number of benzene rings is 9. The average molecular weight is 697 g/mol. The van der Waals surface area contributed by atoms with Gasteiger partial charge in [-0.1, -0.05) is 182 Å². The zero-order chi connectivity index (χ0) is 53.7. The van der Waals surface area contributed by atoms with Crippen molar-refractivity contribution in [2.75, 3.05) is 4.90 Å². The Labute approximate surface area is 341 Å². The van der Waals surface area contributed by atoms with E-state index in [0.29, 0.717) is 10.3 Å². The Kier molecular flexibility index (Phi) is 4.49. The quantitative estimate of drug-likeness (QED) is 0.153. The third-order valence-electron chi connectivity index (χ3n) is 8.45. The van der Waals surface area contributed by atoms with Gasteiger partial charge in [0.25, 0.3) is 0 Å². The van der Waals surface area contributed by atoms with E-state index in [2.05, 4.69) is 0 Å². The molecule has 1 nitrogen and oxygen atoms in total. The van der Waals surface area contributed by atoms with Crippen LogP contribution in [0.1, 0.15) is 28.8 Å². The Morgan fingerprint density at radius 1 is 0.283 bits per heavy atom. The maximum absolute atomic E-state index is 9.75. The summed E-state index contributed by atoms with van der Waals surface area (Å²) in [5, 5.41) is 1.45. The predicted molar refractivity (Wildman–Crippen MR) is 226 cm³/mol. The molecule has 0 amide bonds. The minimum atomic E-state index is -1.06. The highest BCUT2D eigenvalue weighted by atomic mass is 15.1. The zero-order valence-corrected chi connectivity index (χ0v) is 27.7. The molecule has 9 aromatic rings. The van der Waals surface area contributed by atoms with Crippen molar-refractivity contribution < 1.29 is 28.8 Å². The van der Waals surface area contributed by atoms with Gasteiger partial charge >= 0.3 is 0 Å². The first-order valence-electron chi connectivity index (χ1n) is 27.0. The summed E-state index contributed by atoms with van der Waals surface area (Å²) in [6.45, 7) is 0. The van der Waals surface area contributed by atoms with Gasteiger partial charge in [0.05, 0.1) is 28.8 Å². The minimum Gasteiger partial charge on any atom is -0.310 e. The van der Waals surface area contributed by atoms with Crippen molar-refractivity contribution in [3.63, 3.8) is 0 Å². The highest BCUT2D eigenvalue weighted by molar-refractivity contribution is 5.89. The summed E-state index contributed by atoms with van der Waals surface area (Å²) in [7, 11) is 0. The lowest BCUT2D eigenvalue weighted by Gasteiger charge is -2.26. The summed E-state index contributed by atoms with van der Waals surface area (Å²) in [6.07, 6.45) is 0. The Morgan fingerprint density at radius 3 is 1.36 bits per heavy atom. The molecule has 0 unspecified atom stereocenters. The SMILES string of the molecule is [2H]c1c([2H])c([2H])c(-c2c([2H])c([2H])c(-c3c([2H])c([2H])c(N(c4c([2H])c([2H])c(-c5ccc(-c6ccccc6)cc5)c([2H])c4[2H])c4c([2H])c([2H])c([2H])c(-c5ccc6ccccc6c5)c4[2H])c([2H])c3[2H])c([2H])c2[2H])c([2H])c1[2H]. The molecule has 0 radical (unpaired) electrons. The number of hydrogen-bond acceptors (Lipinski definition) is 1. The van der Waals surface area contributed by atoms with Crippen molar-refractivity contribution in [1.29, 1.82) is 0 Å². The van der Waals surface area contributed by atoms with Gasteiger partial charge in [0, 0.05) is 17.1 Å². The van der Waals surface area contributed by atoms with E-state index in [0.717, 1.165) is 16.5 Å². The predicted octanol–water partition coefficient (Wildman–Crippen LogP) is 14.6. The highest BCUT2D eigenvalue weighted by Gasteiger charge is 2.15. The first kappa shape index (κ1) is 16.6. The van der Waals surface area contributed by atoms with Crippen molar-refractivity contribution in [1.82, 2.24) is 0 Å². The Morgan fingerprint density at radius 2 is 0.736 bits per heavy atom. The van der Waals surface area contributed by atoms with Crippen LogP contribution in [0.25, 0.3) is 66.4 Å². The van der Waals surface area contributed by atoms with Crippen LogP contribution in [0.4, 0.5) is 17.1 Å². The van der Waals surface area contributed by atoms with Gasteiger partial charge in [-0.25, -0.2) is 0 Å². The minimum absolute atomic E-state index is 0.176. The second kappa shape index (κ2) is 14.3. The molecule has 0 fully saturated rings. The van der Waals surface area contributed by atoms with Crippen LogP contribution in [0.2, 0.25) is 0 Å². The first-order chi connectivity index (χ1) is 35.0. The molecule has 0 atom stereocenters. The van der Waals surface area contributed by atoms with Crippen molar-refractivity contribution >= 4 is 27.8 Å². The molecule has 9 aromatic carbocycles. The maximum Gasteiger partial charge on any atom is 0.0651 e. The first-order valence-corrected chi connectivity index (χ1v) is 16.5. The molecule has 0 spiro atoms. The van der Waals surface area contributed by atoms with Gasteiger partial charge in [-0.3, -0.25) is 0 Å². The van der Waals surface area contributed by atoms with E-state index in [1.165, 1.54) is 0 Å². The second-order valence-corrected chi connectivity index (χ2v) is 11.8. The van der Waals surface area contributed by atoms with Crippen LogP contribution >= 0.6 is 0 Å². The van der Waals surface area contributed by atoms with E-state index in [1.807, 2.05) is 36.4 Å². The van der Waals surface area contributed by atoms with Crippen LogP contribution in [-0.2, 0) is 0 Å². The topological polar surface area (TPSA) is 3.24 Å². The number of nitrogens with zero attached hydrogens (tertiary/aromatic N) is 1. The monoisotopic (exact) mass is 696 g/mol. The van der Waals surface area contributed by atoms with Crippen molar-refractivity contribution in [2.45, 2.75) is 0 Å². The summed E-state index contributed by atoms with van der Waals surface area (Å²) < 4.78 is 190. The fourth-order valence-electron chi connectivity index (χ4n) is 5.77. The van der Waals surface area contributed by atoms with Crippen molar-refractivity contribution in [3.05, 3.63) is 224 Å². The van der Waals surface area contributed by atoms with Crippen LogP contribution < -0.4 is 4.90 Å². The number of rotatable bonds is 8. The molecule has 0 aromatic heterocycles. The van der Waals surface area contributed by atoms with Gasteiger partial charge in [0.2, 0.25) is 0 Å². The van der Waals surface area contributed by atoms with Crippen molar-refractivity contribution in [2.24, 2.45) is 0 Å². The molecule has 1 heteroatoms. The van der Waals surface area contributed by atoms with E-state index >= 15 is 0 Å². The molecule has 0 heterocycles. The fraction of sp³-hybridized carbons (Fsp3) is 0. The van der Waals surface area contributed by atoms with Crippen LogP contribution in [-0.4, -0.2) is 0 Å². The summed E-state index contributed by atoms with van der Waals surface area (Å²) in [5.41, 5.74) is -3.60. The van der Waals surface area contributed by atoms with Crippen LogP contribution in [0, 0.1) is 0 Å². The van der Waals surface area contributed by atoms with Crippen molar-refractivity contribution in [3.8, 4) is 55.6 Å². The third-order valence-corrected chi connectivity index (χ3v) is 8.45. The lowest BCUT2D eigenvalue weighted by Crippen LogP contribution is -2.10. The molecule has 0 aliphatic rings. The second-order valence-electron chi connectivity index (χ2n) is 11.8. The molecule has 53 heavy (non-hydrogen) atoms. The van der Waals surface area contributed by atoms with E-state index in [4.69, 9.17) is 15.1 Å². The molecule has 250 valence electrons. The van der Waals surface area contributed by atoms with Gasteiger partial charge in [-0.05, 0) is 109 Å². The normalized spacial score (nSPS) is 16.6. The van der Waals surface area contributed by atoms with E-state index < -0.39 is 166 Å². The highest BCUT2D eigenvalue weighted by Crippen LogP contribution is 2.39. The lowest BCUT2D eigenvalue weighted by molar-refractivity contribution is 1.28. The van der Waals surface area contributed by atoms with Crippen LogP contribution in [0.5, 0.6) is 0 Å². The van der Waals surface area contributed by atoms with Crippen LogP contribution in [0.15, 0.2) is 224 Å². The zero-order valence-electron chi connectivity index (χ0n) is 48.7. The Balaban J connectivity index is 1.34. The number of hydrogen-bond donors (Lipinski definition) is 0. The van der Waals surface area contributed by atoms with E-state index in [1.54, 1.807) is 60.7 Å². The van der Waals surface area contributed by atoms with E-state index in [-0.39, 0.29) is 22.3 Å². The molecule has 0 aliphatic heterocycles.